The van der Waals surface area contributed by atoms with Gasteiger partial charge in [-0.25, -0.2) is 13.6 Å². The maximum Gasteiger partial charge on any atom is 0.408 e. The summed E-state index contributed by atoms with van der Waals surface area (Å²) in [7, 11) is 0. The standard InChI is InChI=1S/C14H17F2NO4/c1-14(2,3)21-13(20)17-11(7-12(18)19)9-5-4-8(15)6-10(9)16/h4-6,11H,7H2,1-3H3,(H,17,20)(H,18,19)/p-1/t11-/m1/s1. The molecule has 1 rings (SSSR count). The molecule has 0 bridgehead atoms. The molecule has 0 fully saturated rings. The summed E-state index contributed by atoms with van der Waals surface area (Å²) < 4.78 is 31.5. The molecule has 0 aliphatic rings. The van der Waals surface area contributed by atoms with Gasteiger partial charge >= 0.3 is 6.09 Å². The Morgan fingerprint density at radius 3 is 2.43 bits per heavy atom. The molecule has 0 aromatic heterocycles. The topological polar surface area (TPSA) is 78.5 Å². The number of hydrogen-bond donors (Lipinski definition) is 1. The fourth-order valence-electron chi connectivity index (χ4n) is 1.64. The number of carbonyl (C=O) groups is 2. The molecule has 0 spiro atoms. The van der Waals surface area contributed by atoms with Crippen LogP contribution in [0.5, 0.6) is 0 Å². The zero-order chi connectivity index (χ0) is 16.2. The summed E-state index contributed by atoms with van der Waals surface area (Å²) in [4.78, 5) is 22.4. The minimum atomic E-state index is -1.49. The van der Waals surface area contributed by atoms with E-state index in [9.17, 15) is 23.5 Å². The molecule has 1 N–H and O–H groups in total. The maximum absolute atomic E-state index is 13.7. The van der Waals surface area contributed by atoms with Crippen LogP contribution in [0.25, 0.3) is 0 Å². The lowest BCUT2D eigenvalue weighted by Gasteiger charge is -2.24. The first-order valence-corrected chi connectivity index (χ1v) is 6.23. The molecule has 1 aromatic rings. The monoisotopic (exact) mass is 300 g/mol. The minimum absolute atomic E-state index is 0.161. The van der Waals surface area contributed by atoms with Crippen LogP contribution >= 0.6 is 0 Å². The first-order chi connectivity index (χ1) is 9.58. The molecule has 1 aromatic carbocycles. The molecule has 116 valence electrons. The summed E-state index contributed by atoms with van der Waals surface area (Å²) in [6.45, 7) is 4.87. The van der Waals surface area contributed by atoms with Crippen molar-refractivity contribution in [2.45, 2.75) is 38.8 Å². The number of amides is 1. The predicted molar refractivity (Wildman–Crippen MR) is 68.1 cm³/mol. The number of carbonyl (C=O) groups excluding carboxylic acids is 2. The van der Waals surface area contributed by atoms with Gasteiger partial charge in [-0.2, -0.15) is 0 Å². The smallest absolute Gasteiger partial charge is 0.408 e. The third kappa shape index (κ3) is 5.76. The first-order valence-electron chi connectivity index (χ1n) is 6.23. The average Bonchev–Trinajstić information content (AvgIpc) is 2.24. The molecule has 0 unspecified atom stereocenters. The maximum atomic E-state index is 13.7. The van der Waals surface area contributed by atoms with E-state index in [0.717, 1.165) is 12.1 Å². The van der Waals surface area contributed by atoms with E-state index >= 15 is 0 Å². The number of hydrogen-bond acceptors (Lipinski definition) is 4. The van der Waals surface area contributed by atoms with Crippen molar-refractivity contribution in [2.24, 2.45) is 0 Å². The van der Waals surface area contributed by atoms with Crippen LogP contribution in [0.4, 0.5) is 13.6 Å². The quantitative estimate of drug-likeness (QED) is 0.917. The average molecular weight is 300 g/mol. The van der Waals surface area contributed by atoms with E-state index < -0.39 is 41.8 Å². The van der Waals surface area contributed by atoms with E-state index in [2.05, 4.69) is 5.32 Å². The number of carboxylic acid groups (broad SMARTS) is 1. The van der Waals surface area contributed by atoms with Gasteiger partial charge < -0.3 is 20.0 Å². The third-order valence-electron chi connectivity index (χ3n) is 2.40. The Hall–Kier alpha value is -2.18. The first kappa shape index (κ1) is 16.9. The van der Waals surface area contributed by atoms with Gasteiger partial charge in [0, 0.05) is 24.0 Å². The summed E-state index contributed by atoms with van der Waals surface area (Å²) >= 11 is 0. The fraction of sp³-hybridized carbons (Fsp3) is 0.429. The van der Waals surface area contributed by atoms with Crippen molar-refractivity contribution in [3.05, 3.63) is 35.4 Å². The second kappa shape index (κ2) is 6.51. The van der Waals surface area contributed by atoms with Crippen LogP contribution in [0.15, 0.2) is 18.2 Å². The Kier molecular flexibility index (Phi) is 5.23. The highest BCUT2D eigenvalue weighted by Crippen LogP contribution is 2.21. The molecule has 5 nitrogen and oxygen atoms in total. The lowest BCUT2D eigenvalue weighted by Crippen LogP contribution is -2.38. The van der Waals surface area contributed by atoms with Crippen LogP contribution < -0.4 is 10.4 Å². The molecule has 0 heterocycles. The SMILES string of the molecule is CC(C)(C)OC(=O)N[C@H](CC(=O)[O-])c1ccc(F)cc1F. The second-order valence-electron chi connectivity index (χ2n) is 5.44. The van der Waals surface area contributed by atoms with E-state index in [4.69, 9.17) is 4.74 Å². The zero-order valence-electron chi connectivity index (χ0n) is 11.9. The number of nitrogens with one attached hydrogen (secondary N) is 1. The summed E-state index contributed by atoms with van der Waals surface area (Å²) in [5, 5.41) is 13.0. The van der Waals surface area contributed by atoms with E-state index in [1.807, 2.05) is 0 Å². The number of carboxylic acids is 1. The number of ether oxygens (including phenoxy) is 1. The number of benzene rings is 1. The van der Waals surface area contributed by atoms with Gasteiger partial charge in [0.2, 0.25) is 0 Å². The van der Waals surface area contributed by atoms with Gasteiger partial charge in [0.15, 0.2) is 0 Å². The minimum Gasteiger partial charge on any atom is -0.550 e. The molecule has 21 heavy (non-hydrogen) atoms. The largest absolute Gasteiger partial charge is 0.550 e. The summed E-state index contributed by atoms with van der Waals surface area (Å²) in [5.74, 6) is -3.25. The van der Waals surface area contributed by atoms with Gasteiger partial charge in [-0.15, -0.1) is 0 Å². The molecule has 7 heteroatoms. The Morgan fingerprint density at radius 1 is 1.33 bits per heavy atom. The van der Waals surface area contributed by atoms with E-state index in [-0.39, 0.29) is 5.56 Å². The normalized spacial score (nSPS) is 12.6. The lowest BCUT2D eigenvalue weighted by atomic mass is 10.0. The van der Waals surface area contributed by atoms with Crippen LogP contribution in [0.3, 0.4) is 0 Å². The Bertz CT molecular complexity index is 540. The van der Waals surface area contributed by atoms with Crippen LogP contribution in [-0.4, -0.2) is 17.7 Å². The molecule has 0 saturated carbocycles. The highest BCUT2D eigenvalue weighted by molar-refractivity contribution is 5.71. The van der Waals surface area contributed by atoms with Gasteiger partial charge in [-0.05, 0) is 26.8 Å². The van der Waals surface area contributed by atoms with Gasteiger partial charge in [-0.3, -0.25) is 0 Å². The Labute approximate surface area is 120 Å². The van der Waals surface area contributed by atoms with Crippen molar-refractivity contribution in [2.75, 3.05) is 0 Å². The molecule has 0 saturated heterocycles. The van der Waals surface area contributed by atoms with Crippen molar-refractivity contribution < 1.29 is 28.2 Å². The van der Waals surface area contributed by atoms with E-state index in [0.29, 0.717) is 6.07 Å². The van der Waals surface area contributed by atoms with Gasteiger partial charge in [0.1, 0.15) is 17.2 Å². The summed E-state index contributed by atoms with van der Waals surface area (Å²) in [6.07, 6.45) is -1.57. The van der Waals surface area contributed by atoms with Crippen molar-refractivity contribution in [3.63, 3.8) is 0 Å². The number of halogens is 2. The van der Waals surface area contributed by atoms with E-state index in [1.165, 1.54) is 0 Å². The highest BCUT2D eigenvalue weighted by atomic mass is 19.1. The number of alkyl carbamates (subject to hydrolysis) is 1. The molecule has 1 atom stereocenters. The lowest BCUT2D eigenvalue weighted by molar-refractivity contribution is -0.306. The molecular formula is C14H16F2NO4-. The molecule has 0 aliphatic carbocycles. The van der Waals surface area contributed by atoms with Crippen LogP contribution in [0.2, 0.25) is 0 Å². The van der Waals surface area contributed by atoms with Crippen molar-refractivity contribution in [1.82, 2.24) is 5.32 Å². The Morgan fingerprint density at radius 2 is 1.95 bits per heavy atom. The van der Waals surface area contributed by atoms with Crippen molar-refractivity contribution >= 4 is 12.1 Å². The summed E-state index contributed by atoms with van der Waals surface area (Å²) in [5.41, 5.74) is -0.955. The Balaban J connectivity index is 2.95. The molecule has 0 radical (unpaired) electrons. The van der Waals surface area contributed by atoms with Crippen molar-refractivity contribution in [3.8, 4) is 0 Å². The van der Waals surface area contributed by atoms with Crippen LogP contribution in [-0.2, 0) is 9.53 Å². The van der Waals surface area contributed by atoms with E-state index in [1.54, 1.807) is 20.8 Å². The summed E-state index contributed by atoms with van der Waals surface area (Å²) in [6, 6.07) is 1.42. The molecular weight excluding hydrogens is 284 g/mol. The number of aliphatic carboxylic acids is 1. The van der Waals surface area contributed by atoms with Gasteiger partial charge in [0.25, 0.3) is 0 Å². The molecule has 1 amide bonds. The predicted octanol–water partition coefficient (Wildman–Crippen LogP) is 1.67. The van der Waals surface area contributed by atoms with Gasteiger partial charge in [-0.1, -0.05) is 6.07 Å². The van der Waals surface area contributed by atoms with Gasteiger partial charge in [0.05, 0.1) is 6.04 Å². The molecule has 0 aliphatic heterocycles. The number of rotatable bonds is 4. The van der Waals surface area contributed by atoms with Crippen LogP contribution in [0.1, 0.15) is 38.8 Å². The van der Waals surface area contributed by atoms with Crippen LogP contribution in [0, 0.1) is 11.6 Å². The zero-order valence-corrected chi connectivity index (χ0v) is 11.9. The third-order valence-corrected chi connectivity index (χ3v) is 2.40. The van der Waals surface area contributed by atoms with Crippen molar-refractivity contribution in [1.29, 1.82) is 0 Å². The fourth-order valence-corrected chi connectivity index (χ4v) is 1.64. The highest BCUT2D eigenvalue weighted by Gasteiger charge is 2.22. The second-order valence-corrected chi connectivity index (χ2v) is 5.44.